The molecule has 1 aromatic carbocycles. The second kappa shape index (κ2) is 5.26. The molecular formula is C14H19NO. The molecule has 0 aliphatic carbocycles. The second-order valence-corrected chi connectivity index (χ2v) is 4.59. The summed E-state index contributed by atoms with van der Waals surface area (Å²) in [6.45, 7) is 4.47. The Kier molecular flexibility index (Phi) is 3.73. The van der Waals surface area contributed by atoms with Gasteiger partial charge in [-0.3, -0.25) is 4.79 Å². The van der Waals surface area contributed by atoms with Crippen molar-refractivity contribution < 1.29 is 4.79 Å². The van der Waals surface area contributed by atoms with Crippen LogP contribution in [0.25, 0.3) is 0 Å². The highest BCUT2D eigenvalue weighted by atomic mass is 16.1. The predicted octanol–water partition coefficient (Wildman–Crippen LogP) is 2.74. The van der Waals surface area contributed by atoms with Gasteiger partial charge in [0.15, 0.2) is 5.78 Å². The molecule has 0 spiro atoms. The van der Waals surface area contributed by atoms with E-state index in [-0.39, 0.29) is 5.78 Å². The van der Waals surface area contributed by atoms with Crippen molar-refractivity contribution in [1.82, 2.24) is 4.90 Å². The lowest BCUT2D eigenvalue weighted by Crippen LogP contribution is -2.32. The van der Waals surface area contributed by atoms with E-state index in [1.807, 2.05) is 30.3 Å². The Labute approximate surface area is 97.3 Å². The minimum Gasteiger partial charge on any atom is -0.300 e. The minimum absolute atomic E-state index is 0.264. The van der Waals surface area contributed by atoms with Gasteiger partial charge in [0.1, 0.15) is 0 Å². The molecule has 0 aromatic heterocycles. The molecule has 0 amide bonds. The van der Waals surface area contributed by atoms with E-state index in [1.54, 1.807) is 0 Å². The van der Waals surface area contributed by atoms with Gasteiger partial charge in [0, 0.05) is 18.0 Å². The van der Waals surface area contributed by atoms with Crippen molar-refractivity contribution in [1.29, 1.82) is 0 Å². The standard InChI is InChI=1S/C14H19NO/c1-12(15-9-5-6-10-15)11-14(16)13-7-3-2-4-8-13/h2-4,7-8,12H,5-6,9-11H2,1H3/t12-/m0/s1. The highest BCUT2D eigenvalue weighted by Gasteiger charge is 2.20. The number of ketones is 1. The first-order valence-corrected chi connectivity index (χ1v) is 6.09. The Morgan fingerprint density at radius 1 is 1.25 bits per heavy atom. The summed E-state index contributed by atoms with van der Waals surface area (Å²) in [7, 11) is 0. The van der Waals surface area contributed by atoms with E-state index in [0.29, 0.717) is 12.5 Å². The molecule has 1 aliphatic rings. The van der Waals surface area contributed by atoms with Crippen LogP contribution in [-0.4, -0.2) is 29.8 Å². The van der Waals surface area contributed by atoms with Gasteiger partial charge in [0.05, 0.1) is 0 Å². The number of Topliss-reactive ketones (excluding diaryl/α,β-unsaturated/α-hetero) is 1. The van der Waals surface area contributed by atoms with Crippen molar-refractivity contribution in [2.24, 2.45) is 0 Å². The molecule has 2 heteroatoms. The fourth-order valence-electron chi connectivity index (χ4n) is 2.32. The van der Waals surface area contributed by atoms with Gasteiger partial charge in [0.25, 0.3) is 0 Å². The van der Waals surface area contributed by atoms with Crippen LogP contribution in [0, 0.1) is 0 Å². The van der Waals surface area contributed by atoms with E-state index < -0.39 is 0 Å². The summed E-state index contributed by atoms with van der Waals surface area (Å²) in [6.07, 6.45) is 3.21. The molecule has 2 nitrogen and oxygen atoms in total. The van der Waals surface area contributed by atoms with Gasteiger partial charge >= 0.3 is 0 Å². The van der Waals surface area contributed by atoms with E-state index in [9.17, 15) is 4.79 Å². The summed E-state index contributed by atoms with van der Waals surface area (Å²) in [5.74, 6) is 0.264. The number of benzene rings is 1. The van der Waals surface area contributed by atoms with Crippen LogP contribution in [0.1, 0.15) is 36.5 Å². The summed E-state index contributed by atoms with van der Waals surface area (Å²) in [5, 5.41) is 0. The van der Waals surface area contributed by atoms with Gasteiger partial charge < -0.3 is 4.90 Å². The first-order chi connectivity index (χ1) is 7.77. The first kappa shape index (κ1) is 11.3. The molecular weight excluding hydrogens is 198 g/mol. The quantitative estimate of drug-likeness (QED) is 0.723. The molecule has 2 rings (SSSR count). The third-order valence-corrected chi connectivity index (χ3v) is 3.34. The number of carbonyl (C=O) groups excluding carboxylic acids is 1. The maximum Gasteiger partial charge on any atom is 0.164 e. The molecule has 1 saturated heterocycles. The van der Waals surface area contributed by atoms with Crippen LogP contribution < -0.4 is 0 Å². The van der Waals surface area contributed by atoms with Crippen molar-refractivity contribution in [3.63, 3.8) is 0 Å². The Morgan fingerprint density at radius 3 is 2.50 bits per heavy atom. The number of hydrogen-bond donors (Lipinski definition) is 0. The molecule has 0 unspecified atom stereocenters. The Bertz CT molecular complexity index is 341. The van der Waals surface area contributed by atoms with Gasteiger partial charge in [-0.15, -0.1) is 0 Å². The van der Waals surface area contributed by atoms with Crippen molar-refractivity contribution >= 4 is 5.78 Å². The monoisotopic (exact) mass is 217 g/mol. The van der Waals surface area contributed by atoms with Gasteiger partial charge in [-0.1, -0.05) is 30.3 Å². The number of nitrogens with zero attached hydrogens (tertiary/aromatic N) is 1. The third-order valence-electron chi connectivity index (χ3n) is 3.34. The summed E-state index contributed by atoms with van der Waals surface area (Å²) in [6, 6.07) is 9.98. The SMILES string of the molecule is C[C@@H](CC(=O)c1ccccc1)N1CCCC1. The van der Waals surface area contributed by atoms with Crippen LogP contribution >= 0.6 is 0 Å². The molecule has 1 atom stereocenters. The predicted molar refractivity (Wildman–Crippen MR) is 65.7 cm³/mol. The maximum absolute atomic E-state index is 12.0. The molecule has 1 aliphatic heterocycles. The minimum atomic E-state index is 0.264. The Hall–Kier alpha value is -1.15. The topological polar surface area (TPSA) is 20.3 Å². The number of rotatable bonds is 4. The van der Waals surface area contributed by atoms with Crippen LogP contribution in [0.15, 0.2) is 30.3 Å². The van der Waals surface area contributed by atoms with Crippen LogP contribution in [-0.2, 0) is 0 Å². The van der Waals surface area contributed by atoms with Crippen molar-refractivity contribution in [2.45, 2.75) is 32.2 Å². The molecule has 1 fully saturated rings. The van der Waals surface area contributed by atoms with Crippen LogP contribution in [0.5, 0.6) is 0 Å². The van der Waals surface area contributed by atoms with Crippen LogP contribution in [0.3, 0.4) is 0 Å². The van der Waals surface area contributed by atoms with Gasteiger partial charge in [0.2, 0.25) is 0 Å². The summed E-state index contributed by atoms with van der Waals surface area (Å²) < 4.78 is 0. The smallest absolute Gasteiger partial charge is 0.164 e. The third kappa shape index (κ3) is 2.70. The van der Waals surface area contributed by atoms with Crippen LogP contribution in [0.2, 0.25) is 0 Å². The summed E-state index contributed by atoms with van der Waals surface area (Å²) >= 11 is 0. The van der Waals surface area contributed by atoms with E-state index >= 15 is 0 Å². The first-order valence-electron chi connectivity index (χ1n) is 6.09. The summed E-state index contributed by atoms with van der Waals surface area (Å²) in [5.41, 5.74) is 0.841. The molecule has 86 valence electrons. The van der Waals surface area contributed by atoms with Gasteiger partial charge in [-0.25, -0.2) is 0 Å². The largest absolute Gasteiger partial charge is 0.300 e. The van der Waals surface area contributed by atoms with Crippen LogP contribution in [0.4, 0.5) is 0 Å². The number of likely N-dealkylation sites (tertiary alicyclic amines) is 1. The van der Waals surface area contributed by atoms with Crippen molar-refractivity contribution in [3.05, 3.63) is 35.9 Å². The number of carbonyl (C=O) groups is 1. The lowest BCUT2D eigenvalue weighted by molar-refractivity contribution is 0.0941. The average molecular weight is 217 g/mol. The highest BCUT2D eigenvalue weighted by molar-refractivity contribution is 5.96. The van der Waals surface area contributed by atoms with E-state index in [2.05, 4.69) is 11.8 Å². The maximum atomic E-state index is 12.0. The van der Waals surface area contributed by atoms with Crippen molar-refractivity contribution in [3.8, 4) is 0 Å². The zero-order valence-corrected chi connectivity index (χ0v) is 9.86. The second-order valence-electron chi connectivity index (χ2n) is 4.59. The van der Waals surface area contributed by atoms with E-state index in [0.717, 1.165) is 18.7 Å². The normalized spacial score (nSPS) is 18.6. The Morgan fingerprint density at radius 2 is 1.88 bits per heavy atom. The molecule has 16 heavy (non-hydrogen) atoms. The van der Waals surface area contributed by atoms with Gasteiger partial charge in [-0.05, 0) is 32.9 Å². The molecule has 0 radical (unpaired) electrons. The lowest BCUT2D eigenvalue weighted by atomic mass is 10.0. The molecule has 0 bridgehead atoms. The lowest BCUT2D eigenvalue weighted by Gasteiger charge is -2.22. The average Bonchev–Trinajstić information content (AvgIpc) is 2.83. The highest BCUT2D eigenvalue weighted by Crippen LogP contribution is 2.15. The fourth-order valence-corrected chi connectivity index (χ4v) is 2.32. The molecule has 0 saturated carbocycles. The zero-order chi connectivity index (χ0) is 11.4. The summed E-state index contributed by atoms with van der Waals surface area (Å²) in [4.78, 5) is 14.4. The van der Waals surface area contributed by atoms with E-state index in [1.165, 1.54) is 12.8 Å². The molecule has 1 aromatic rings. The fraction of sp³-hybridized carbons (Fsp3) is 0.500. The van der Waals surface area contributed by atoms with Gasteiger partial charge in [-0.2, -0.15) is 0 Å². The molecule has 1 heterocycles. The number of hydrogen-bond acceptors (Lipinski definition) is 2. The Balaban J connectivity index is 1.92. The molecule has 0 N–H and O–H groups in total. The zero-order valence-electron chi connectivity index (χ0n) is 9.86. The van der Waals surface area contributed by atoms with Crippen molar-refractivity contribution in [2.75, 3.05) is 13.1 Å². The van der Waals surface area contributed by atoms with E-state index in [4.69, 9.17) is 0 Å².